The van der Waals surface area contributed by atoms with Gasteiger partial charge in [-0.25, -0.2) is 4.79 Å². The molecule has 2 rings (SSSR count). The lowest BCUT2D eigenvalue weighted by Gasteiger charge is -2.11. The van der Waals surface area contributed by atoms with Crippen LogP contribution in [0.1, 0.15) is 10.4 Å². The summed E-state index contributed by atoms with van der Waals surface area (Å²) >= 11 is 11.2. The van der Waals surface area contributed by atoms with E-state index in [4.69, 9.17) is 28.9 Å². The van der Waals surface area contributed by atoms with E-state index in [9.17, 15) is 4.79 Å². The van der Waals surface area contributed by atoms with Gasteiger partial charge in [0.15, 0.2) is 5.11 Å². The maximum Gasteiger partial charge on any atom is 0.335 e. The molecular weight excluding hydrogens is 296 g/mol. The fraction of sp³-hybridized carbons (Fsp3) is 0. The Morgan fingerprint density at radius 3 is 2.30 bits per heavy atom. The first kappa shape index (κ1) is 14.3. The molecule has 0 saturated heterocycles. The van der Waals surface area contributed by atoms with Crippen molar-refractivity contribution in [2.45, 2.75) is 0 Å². The van der Waals surface area contributed by atoms with Crippen molar-refractivity contribution < 1.29 is 9.90 Å². The summed E-state index contributed by atoms with van der Waals surface area (Å²) in [6.45, 7) is 0. The molecular formula is C14H11ClN2O2S. The van der Waals surface area contributed by atoms with Gasteiger partial charge in [0, 0.05) is 5.69 Å². The molecule has 20 heavy (non-hydrogen) atoms. The standard InChI is InChI=1S/C14H11ClN2O2S/c15-11-3-1-2-4-12(11)17-14(20)16-10-7-5-9(6-8-10)13(18)19/h1-8H,(H,18,19)(H2,16,17,20). The van der Waals surface area contributed by atoms with Crippen LogP contribution in [0.4, 0.5) is 11.4 Å². The first-order chi connectivity index (χ1) is 9.56. The molecule has 0 heterocycles. The van der Waals surface area contributed by atoms with Crippen LogP contribution in [0.2, 0.25) is 5.02 Å². The number of para-hydroxylation sites is 1. The first-order valence-corrected chi connectivity index (χ1v) is 6.51. The Morgan fingerprint density at radius 1 is 1.05 bits per heavy atom. The number of aromatic carboxylic acids is 1. The van der Waals surface area contributed by atoms with Gasteiger partial charge in [-0.05, 0) is 48.6 Å². The molecule has 4 nitrogen and oxygen atoms in total. The molecule has 0 fully saturated rings. The highest BCUT2D eigenvalue weighted by atomic mass is 35.5. The number of halogens is 1. The van der Waals surface area contributed by atoms with Crippen LogP contribution in [-0.2, 0) is 0 Å². The second-order valence-corrected chi connectivity index (χ2v) is 4.76. The molecule has 0 spiro atoms. The Kier molecular flexibility index (Phi) is 4.55. The van der Waals surface area contributed by atoms with E-state index in [0.717, 1.165) is 0 Å². The Hall–Kier alpha value is -2.11. The van der Waals surface area contributed by atoms with Gasteiger partial charge in [0.1, 0.15) is 0 Å². The van der Waals surface area contributed by atoms with E-state index in [2.05, 4.69) is 10.6 Å². The minimum Gasteiger partial charge on any atom is -0.478 e. The van der Waals surface area contributed by atoms with Crippen molar-refractivity contribution in [1.29, 1.82) is 0 Å². The van der Waals surface area contributed by atoms with Gasteiger partial charge in [0.2, 0.25) is 0 Å². The Bertz CT molecular complexity index is 644. The Morgan fingerprint density at radius 2 is 1.70 bits per heavy atom. The van der Waals surface area contributed by atoms with Crippen molar-refractivity contribution in [3.63, 3.8) is 0 Å². The zero-order valence-corrected chi connectivity index (χ0v) is 11.8. The van der Waals surface area contributed by atoms with Crippen molar-refractivity contribution in [2.75, 3.05) is 10.6 Å². The van der Waals surface area contributed by atoms with Crippen LogP contribution in [0.5, 0.6) is 0 Å². The number of thiocarbonyl (C=S) groups is 1. The third-order valence-electron chi connectivity index (χ3n) is 2.51. The summed E-state index contributed by atoms with van der Waals surface area (Å²) in [5, 5.41) is 15.7. The van der Waals surface area contributed by atoms with Gasteiger partial charge in [0.05, 0.1) is 16.3 Å². The lowest BCUT2D eigenvalue weighted by atomic mass is 10.2. The summed E-state index contributed by atoms with van der Waals surface area (Å²) in [6.07, 6.45) is 0. The first-order valence-electron chi connectivity index (χ1n) is 5.72. The molecule has 3 N–H and O–H groups in total. The van der Waals surface area contributed by atoms with Crippen molar-refractivity contribution in [2.24, 2.45) is 0 Å². The number of nitrogens with one attached hydrogen (secondary N) is 2. The smallest absolute Gasteiger partial charge is 0.335 e. The van der Waals surface area contributed by atoms with E-state index in [0.29, 0.717) is 21.5 Å². The van der Waals surface area contributed by atoms with E-state index in [-0.39, 0.29) is 5.56 Å². The highest BCUT2D eigenvalue weighted by Crippen LogP contribution is 2.20. The molecule has 0 unspecified atom stereocenters. The van der Waals surface area contributed by atoms with Gasteiger partial charge < -0.3 is 15.7 Å². The number of benzene rings is 2. The summed E-state index contributed by atoms with van der Waals surface area (Å²) in [7, 11) is 0. The summed E-state index contributed by atoms with van der Waals surface area (Å²) in [5.74, 6) is -0.965. The number of carboxylic acids is 1. The Balaban J connectivity index is 2.01. The molecule has 0 aromatic heterocycles. The van der Waals surface area contributed by atoms with Gasteiger partial charge >= 0.3 is 5.97 Å². The van der Waals surface area contributed by atoms with E-state index in [1.165, 1.54) is 12.1 Å². The summed E-state index contributed by atoms with van der Waals surface area (Å²) in [6, 6.07) is 13.5. The third-order valence-corrected chi connectivity index (χ3v) is 3.05. The van der Waals surface area contributed by atoms with Crippen LogP contribution in [0, 0.1) is 0 Å². The molecule has 0 bridgehead atoms. The molecule has 0 aliphatic heterocycles. The second-order valence-electron chi connectivity index (χ2n) is 3.94. The van der Waals surface area contributed by atoms with Crippen LogP contribution >= 0.6 is 23.8 Å². The van der Waals surface area contributed by atoms with Crippen LogP contribution in [-0.4, -0.2) is 16.2 Å². The minimum atomic E-state index is -0.965. The van der Waals surface area contributed by atoms with E-state index in [1.807, 2.05) is 18.2 Å². The maximum atomic E-state index is 10.7. The number of rotatable bonds is 3. The SMILES string of the molecule is O=C(O)c1ccc(NC(=S)Nc2ccccc2Cl)cc1. The van der Waals surface area contributed by atoms with Gasteiger partial charge in [-0.1, -0.05) is 23.7 Å². The maximum absolute atomic E-state index is 10.7. The molecule has 0 aliphatic carbocycles. The molecule has 6 heteroatoms. The fourth-order valence-corrected chi connectivity index (χ4v) is 1.95. The van der Waals surface area contributed by atoms with Gasteiger partial charge in [-0.15, -0.1) is 0 Å². The number of anilines is 2. The van der Waals surface area contributed by atoms with Crippen LogP contribution in [0.3, 0.4) is 0 Å². The minimum absolute atomic E-state index is 0.223. The molecule has 0 atom stereocenters. The molecule has 0 amide bonds. The predicted molar refractivity (Wildman–Crippen MR) is 84.7 cm³/mol. The largest absolute Gasteiger partial charge is 0.478 e. The monoisotopic (exact) mass is 306 g/mol. The van der Waals surface area contributed by atoms with E-state index >= 15 is 0 Å². The fourth-order valence-electron chi connectivity index (χ4n) is 1.54. The molecule has 0 saturated carbocycles. The van der Waals surface area contributed by atoms with E-state index in [1.54, 1.807) is 18.2 Å². The highest BCUT2D eigenvalue weighted by Gasteiger charge is 2.04. The summed E-state index contributed by atoms with van der Waals surface area (Å²) in [5.41, 5.74) is 1.62. The molecule has 2 aromatic rings. The average molecular weight is 307 g/mol. The summed E-state index contributed by atoms with van der Waals surface area (Å²) < 4.78 is 0. The average Bonchev–Trinajstić information content (AvgIpc) is 2.42. The van der Waals surface area contributed by atoms with Crippen molar-refractivity contribution >= 4 is 46.3 Å². The van der Waals surface area contributed by atoms with Crippen molar-refractivity contribution in [3.8, 4) is 0 Å². The van der Waals surface area contributed by atoms with Gasteiger partial charge in [-0.3, -0.25) is 0 Å². The van der Waals surface area contributed by atoms with E-state index < -0.39 is 5.97 Å². The van der Waals surface area contributed by atoms with Crippen molar-refractivity contribution in [1.82, 2.24) is 0 Å². The van der Waals surface area contributed by atoms with Crippen LogP contribution in [0.15, 0.2) is 48.5 Å². The topological polar surface area (TPSA) is 61.4 Å². The zero-order valence-electron chi connectivity index (χ0n) is 10.3. The third kappa shape index (κ3) is 3.69. The van der Waals surface area contributed by atoms with Crippen molar-refractivity contribution in [3.05, 3.63) is 59.1 Å². The van der Waals surface area contributed by atoms with Gasteiger partial charge in [-0.2, -0.15) is 0 Å². The molecule has 0 radical (unpaired) electrons. The van der Waals surface area contributed by atoms with Crippen LogP contribution < -0.4 is 10.6 Å². The number of hydrogen-bond donors (Lipinski definition) is 3. The molecule has 0 aliphatic rings. The quantitative estimate of drug-likeness (QED) is 0.752. The number of hydrogen-bond acceptors (Lipinski definition) is 2. The van der Waals surface area contributed by atoms with Gasteiger partial charge in [0.25, 0.3) is 0 Å². The normalized spacial score (nSPS) is 9.85. The number of carbonyl (C=O) groups is 1. The number of carboxylic acid groups (broad SMARTS) is 1. The zero-order chi connectivity index (χ0) is 14.5. The Labute approximate surface area is 126 Å². The predicted octanol–water partition coefficient (Wildman–Crippen LogP) is 3.85. The summed E-state index contributed by atoms with van der Waals surface area (Å²) in [4.78, 5) is 10.7. The van der Waals surface area contributed by atoms with Crippen LogP contribution in [0.25, 0.3) is 0 Å². The highest BCUT2D eigenvalue weighted by molar-refractivity contribution is 7.80. The lowest BCUT2D eigenvalue weighted by molar-refractivity contribution is 0.0697. The molecule has 2 aromatic carbocycles. The lowest BCUT2D eigenvalue weighted by Crippen LogP contribution is -2.19. The second kappa shape index (κ2) is 6.36. The molecule has 102 valence electrons.